The third kappa shape index (κ3) is 6.46. The summed E-state index contributed by atoms with van der Waals surface area (Å²) in [6.45, 7) is 0.819. The molecule has 0 atom stereocenters. The van der Waals surface area contributed by atoms with Gasteiger partial charge < -0.3 is 14.4 Å². The van der Waals surface area contributed by atoms with Gasteiger partial charge in [-0.2, -0.15) is 0 Å². The lowest BCUT2D eigenvalue weighted by molar-refractivity contribution is 0.0971. The van der Waals surface area contributed by atoms with Crippen molar-refractivity contribution in [1.82, 2.24) is 10.2 Å². The summed E-state index contributed by atoms with van der Waals surface area (Å²) >= 11 is 5.44. The molecule has 2 aromatic rings. The van der Waals surface area contributed by atoms with Crippen LogP contribution in [0, 0.1) is 0 Å². The molecule has 1 amide bonds. The van der Waals surface area contributed by atoms with Crippen molar-refractivity contribution in [3.05, 3.63) is 60.2 Å². The average Bonchev–Trinajstić information content (AvgIpc) is 2.77. The predicted molar refractivity (Wildman–Crippen MR) is 119 cm³/mol. The predicted octanol–water partition coefficient (Wildman–Crippen LogP) is 4.42. The molecule has 0 radical (unpaired) electrons. The Morgan fingerprint density at radius 3 is 2.38 bits per heavy atom. The van der Waals surface area contributed by atoms with Crippen molar-refractivity contribution in [2.45, 2.75) is 38.1 Å². The van der Waals surface area contributed by atoms with Crippen LogP contribution in [0.15, 0.2) is 54.6 Å². The number of benzene rings is 2. The Labute approximate surface area is 178 Å². The molecule has 0 heterocycles. The molecule has 0 saturated heterocycles. The highest BCUT2D eigenvalue weighted by Gasteiger charge is 2.21. The van der Waals surface area contributed by atoms with E-state index in [9.17, 15) is 4.79 Å². The first-order chi connectivity index (χ1) is 14.1. The minimum absolute atomic E-state index is 0.219. The van der Waals surface area contributed by atoms with E-state index in [1.165, 1.54) is 19.3 Å². The molecule has 1 N–H and O–H groups in total. The maximum Gasteiger partial charge on any atom is 0.257 e. The maximum absolute atomic E-state index is 12.6. The number of nitrogens with zero attached hydrogens (tertiary/aromatic N) is 1. The number of hydrogen-bond acceptors (Lipinski definition) is 4. The van der Waals surface area contributed by atoms with E-state index in [-0.39, 0.29) is 5.91 Å². The molecule has 0 bridgehead atoms. The second-order valence-corrected chi connectivity index (χ2v) is 7.59. The minimum Gasteiger partial charge on any atom is -0.490 e. The van der Waals surface area contributed by atoms with E-state index in [0.29, 0.717) is 35.7 Å². The number of nitrogens with one attached hydrogen (secondary N) is 1. The van der Waals surface area contributed by atoms with Crippen LogP contribution in [-0.2, 0) is 0 Å². The molecule has 2 aromatic carbocycles. The molecule has 5 nitrogen and oxygen atoms in total. The Balaban J connectivity index is 1.47. The van der Waals surface area contributed by atoms with E-state index in [4.69, 9.17) is 21.7 Å². The molecule has 3 rings (SSSR count). The molecule has 0 spiro atoms. The number of thiocarbonyl (C=S) groups is 1. The van der Waals surface area contributed by atoms with Gasteiger partial charge in [-0.1, -0.05) is 43.5 Å². The first-order valence-electron chi connectivity index (χ1n) is 10.1. The molecule has 1 saturated carbocycles. The second-order valence-electron chi connectivity index (χ2n) is 7.20. The zero-order valence-corrected chi connectivity index (χ0v) is 17.6. The second kappa shape index (κ2) is 10.8. The molecule has 1 fully saturated rings. The molecule has 1 aliphatic rings. The summed E-state index contributed by atoms with van der Waals surface area (Å²) < 4.78 is 11.3. The van der Waals surface area contributed by atoms with Crippen molar-refractivity contribution in [2.75, 3.05) is 20.3 Å². The number of amides is 1. The van der Waals surface area contributed by atoms with Gasteiger partial charge in [0.15, 0.2) is 5.11 Å². The van der Waals surface area contributed by atoms with Crippen molar-refractivity contribution >= 4 is 23.2 Å². The van der Waals surface area contributed by atoms with Crippen LogP contribution in [0.2, 0.25) is 0 Å². The minimum atomic E-state index is -0.219. The van der Waals surface area contributed by atoms with Crippen LogP contribution >= 0.6 is 12.2 Å². The van der Waals surface area contributed by atoms with Gasteiger partial charge in [-0.3, -0.25) is 10.1 Å². The highest BCUT2D eigenvalue weighted by atomic mass is 32.1. The van der Waals surface area contributed by atoms with E-state index in [2.05, 4.69) is 5.32 Å². The van der Waals surface area contributed by atoms with Crippen LogP contribution in [0.4, 0.5) is 0 Å². The Kier molecular flexibility index (Phi) is 7.87. The van der Waals surface area contributed by atoms with Gasteiger partial charge in [-0.25, -0.2) is 0 Å². The van der Waals surface area contributed by atoms with Crippen molar-refractivity contribution in [2.24, 2.45) is 0 Å². The zero-order valence-electron chi connectivity index (χ0n) is 16.8. The van der Waals surface area contributed by atoms with Crippen molar-refractivity contribution in [3.63, 3.8) is 0 Å². The van der Waals surface area contributed by atoms with Crippen LogP contribution in [-0.4, -0.2) is 42.2 Å². The van der Waals surface area contributed by atoms with E-state index in [0.717, 1.165) is 18.6 Å². The molecule has 1 aliphatic carbocycles. The quantitative estimate of drug-likeness (QED) is 0.539. The fraction of sp³-hybridized carbons (Fsp3) is 0.391. The Morgan fingerprint density at radius 2 is 1.66 bits per heavy atom. The van der Waals surface area contributed by atoms with Gasteiger partial charge in [-0.15, -0.1) is 0 Å². The van der Waals surface area contributed by atoms with Gasteiger partial charge in [0.25, 0.3) is 5.91 Å². The molecule has 154 valence electrons. The normalized spacial score (nSPS) is 14.1. The lowest BCUT2D eigenvalue weighted by Crippen LogP contribution is -2.46. The summed E-state index contributed by atoms with van der Waals surface area (Å²) in [6.07, 6.45) is 5.98. The van der Waals surface area contributed by atoms with Crippen molar-refractivity contribution < 1.29 is 14.3 Å². The molecule has 0 aliphatic heterocycles. The third-order valence-corrected chi connectivity index (χ3v) is 5.51. The monoisotopic (exact) mass is 412 g/mol. The van der Waals surface area contributed by atoms with Crippen LogP contribution in [0.1, 0.15) is 42.5 Å². The first-order valence-corrected chi connectivity index (χ1v) is 10.5. The largest absolute Gasteiger partial charge is 0.490 e. The van der Waals surface area contributed by atoms with Crippen LogP contribution in [0.5, 0.6) is 11.5 Å². The van der Waals surface area contributed by atoms with Gasteiger partial charge in [0.2, 0.25) is 0 Å². The Morgan fingerprint density at radius 1 is 1.00 bits per heavy atom. The molecular formula is C23H28N2O3S. The van der Waals surface area contributed by atoms with E-state index < -0.39 is 0 Å². The number of para-hydroxylation sites is 1. The number of rotatable bonds is 7. The van der Waals surface area contributed by atoms with Crippen molar-refractivity contribution in [1.29, 1.82) is 0 Å². The van der Waals surface area contributed by atoms with Gasteiger partial charge in [0, 0.05) is 18.7 Å². The summed E-state index contributed by atoms with van der Waals surface area (Å²) in [5.74, 6) is 1.21. The van der Waals surface area contributed by atoms with E-state index >= 15 is 0 Å². The highest BCUT2D eigenvalue weighted by Crippen LogP contribution is 2.22. The van der Waals surface area contributed by atoms with E-state index in [1.807, 2.05) is 48.3 Å². The third-order valence-electron chi connectivity index (χ3n) is 5.12. The number of hydrogen-bond donors (Lipinski definition) is 1. The van der Waals surface area contributed by atoms with Gasteiger partial charge in [0.1, 0.15) is 24.7 Å². The van der Waals surface area contributed by atoms with Gasteiger partial charge in [0.05, 0.1) is 0 Å². The molecule has 0 unspecified atom stereocenters. The average molecular weight is 413 g/mol. The number of carbonyl (C=O) groups is 1. The zero-order chi connectivity index (χ0) is 20.5. The summed E-state index contributed by atoms with van der Waals surface area (Å²) in [6, 6.07) is 17.1. The number of carbonyl (C=O) groups excluding carboxylic acids is 1. The molecule has 29 heavy (non-hydrogen) atoms. The Hall–Kier alpha value is -2.60. The number of ether oxygens (including phenoxy) is 2. The van der Waals surface area contributed by atoms with E-state index in [1.54, 1.807) is 18.2 Å². The lowest BCUT2D eigenvalue weighted by Gasteiger charge is -2.32. The maximum atomic E-state index is 12.6. The summed E-state index contributed by atoms with van der Waals surface area (Å²) in [5.41, 5.74) is 0.519. The SMILES string of the molecule is CN(C(=S)NC(=O)c1cccc(OCCOc2ccccc2)c1)C1CCCCC1. The fourth-order valence-corrected chi connectivity index (χ4v) is 3.70. The van der Waals surface area contributed by atoms with Gasteiger partial charge >= 0.3 is 0 Å². The van der Waals surface area contributed by atoms with Crippen molar-refractivity contribution in [3.8, 4) is 11.5 Å². The molecule has 0 aromatic heterocycles. The Bertz CT molecular complexity index is 807. The summed E-state index contributed by atoms with van der Waals surface area (Å²) in [5, 5.41) is 3.32. The topological polar surface area (TPSA) is 50.8 Å². The highest BCUT2D eigenvalue weighted by molar-refractivity contribution is 7.80. The van der Waals surface area contributed by atoms with Crippen LogP contribution < -0.4 is 14.8 Å². The summed E-state index contributed by atoms with van der Waals surface area (Å²) in [7, 11) is 1.96. The standard InChI is InChI=1S/C23H28N2O3S/c1-25(19-10-4-2-5-11-19)23(29)24-22(26)18-9-8-14-21(17-18)28-16-15-27-20-12-6-3-7-13-20/h3,6-9,12-14,17,19H,2,4-5,10-11,15-16H2,1H3,(H,24,26,29). The smallest absolute Gasteiger partial charge is 0.257 e. The fourth-order valence-electron chi connectivity index (χ4n) is 3.45. The van der Waals surface area contributed by atoms with Crippen LogP contribution in [0.25, 0.3) is 0 Å². The van der Waals surface area contributed by atoms with Gasteiger partial charge in [-0.05, 0) is 55.4 Å². The summed E-state index contributed by atoms with van der Waals surface area (Å²) in [4.78, 5) is 14.6. The molecule has 6 heteroatoms. The van der Waals surface area contributed by atoms with Crippen LogP contribution in [0.3, 0.4) is 0 Å². The lowest BCUT2D eigenvalue weighted by atomic mass is 9.95. The first kappa shape index (κ1) is 21.1. The molecular weight excluding hydrogens is 384 g/mol.